The second kappa shape index (κ2) is 3.95. The Balaban J connectivity index is 2.13. The van der Waals surface area contributed by atoms with Crippen LogP contribution in [0.15, 0.2) is 30.3 Å². The molecule has 3 nitrogen and oxygen atoms in total. The lowest BCUT2D eigenvalue weighted by Gasteiger charge is -2.07. The minimum Gasteiger partial charge on any atom is -0.348 e. The standard InChI is InChI=1S/C15H14N2O/c1-9-3-6-13(10(2)17-9)11-4-5-12-8-16-15(18)14(12)7-11/h3-7H,8H2,1-2H3,(H,16,18). The topological polar surface area (TPSA) is 42.0 Å². The van der Waals surface area contributed by atoms with Gasteiger partial charge in [0.15, 0.2) is 0 Å². The van der Waals surface area contributed by atoms with E-state index in [9.17, 15) is 4.79 Å². The molecule has 3 rings (SSSR count). The zero-order valence-electron chi connectivity index (χ0n) is 10.4. The second-order valence-electron chi connectivity index (χ2n) is 4.64. The molecule has 18 heavy (non-hydrogen) atoms. The molecule has 2 aromatic rings. The Morgan fingerprint density at radius 1 is 1.11 bits per heavy atom. The first-order valence-electron chi connectivity index (χ1n) is 6.01. The van der Waals surface area contributed by atoms with Crippen LogP contribution in [0, 0.1) is 13.8 Å². The third kappa shape index (κ3) is 1.68. The molecule has 0 aliphatic carbocycles. The Hall–Kier alpha value is -2.16. The number of hydrogen-bond donors (Lipinski definition) is 1. The van der Waals surface area contributed by atoms with Crippen molar-refractivity contribution in [2.45, 2.75) is 20.4 Å². The summed E-state index contributed by atoms with van der Waals surface area (Å²) in [6.07, 6.45) is 0. The summed E-state index contributed by atoms with van der Waals surface area (Å²) in [5, 5.41) is 2.83. The molecule has 1 aromatic carbocycles. The first-order chi connectivity index (χ1) is 8.65. The van der Waals surface area contributed by atoms with E-state index in [1.165, 1.54) is 0 Å². The molecule has 0 atom stereocenters. The average Bonchev–Trinajstić information content (AvgIpc) is 2.71. The van der Waals surface area contributed by atoms with E-state index in [2.05, 4.69) is 22.4 Å². The molecule has 0 saturated carbocycles. The second-order valence-corrected chi connectivity index (χ2v) is 4.64. The fraction of sp³-hybridized carbons (Fsp3) is 0.200. The Labute approximate surface area is 106 Å². The van der Waals surface area contributed by atoms with Crippen LogP contribution >= 0.6 is 0 Å². The Morgan fingerprint density at radius 3 is 2.72 bits per heavy atom. The number of nitrogens with one attached hydrogen (secondary N) is 1. The maximum absolute atomic E-state index is 11.7. The van der Waals surface area contributed by atoms with Gasteiger partial charge in [-0.1, -0.05) is 18.2 Å². The molecule has 0 unspecified atom stereocenters. The summed E-state index contributed by atoms with van der Waals surface area (Å²) in [4.78, 5) is 16.1. The van der Waals surface area contributed by atoms with E-state index in [0.717, 1.165) is 33.6 Å². The minimum atomic E-state index is 0.0181. The normalized spacial score (nSPS) is 13.3. The van der Waals surface area contributed by atoms with Crippen LogP contribution in [0.25, 0.3) is 11.1 Å². The van der Waals surface area contributed by atoms with Gasteiger partial charge in [-0.25, -0.2) is 0 Å². The number of benzene rings is 1. The van der Waals surface area contributed by atoms with Gasteiger partial charge in [-0.15, -0.1) is 0 Å². The number of hydrogen-bond acceptors (Lipinski definition) is 2. The van der Waals surface area contributed by atoms with Crippen LogP contribution in [0.3, 0.4) is 0 Å². The highest BCUT2D eigenvalue weighted by Crippen LogP contribution is 2.26. The van der Waals surface area contributed by atoms with E-state index in [4.69, 9.17) is 0 Å². The van der Waals surface area contributed by atoms with Gasteiger partial charge in [0.25, 0.3) is 5.91 Å². The molecule has 90 valence electrons. The van der Waals surface area contributed by atoms with E-state index in [1.807, 2.05) is 32.0 Å². The van der Waals surface area contributed by atoms with E-state index >= 15 is 0 Å². The first-order valence-corrected chi connectivity index (χ1v) is 6.01. The van der Waals surface area contributed by atoms with E-state index < -0.39 is 0 Å². The summed E-state index contributed by atoms with van der Waals surface area (Å²) in [7, 11) is 0. The highest BCUT2D eigenvalue weighted by Gasteiger charge is 2.19. The number of nitrogens with zero attached hydrogens (tertiary/aromatic N) is 1. The molecular weight excluding hydrogens is 224 g/mol. The Morgan fingerprint density at radius 2 is 1.94 bits per heavy atom. The summed E-state index contributed by atoms with van der Waals surface area (Å²) < 4.78 is 0. The van der Waals surface area contributed by atoms with Crippen LogP contribution in [0.1, 0.15) is 27.3 Å². The molecular formula is C15H14N2O. The average molecular weight is 238 g/mol. The van der Waals surface area contributed by atoms with Gasteiger partial charge in [0.1, 0.15) is 0 Å². The van der Waals surface area contributed by atoms with Crippen LogP contribution in [-0.4, -0.2) is 10.9 Å². The molecule has 1 aromatic heterocycles. The van der Waals surface area contributed by atoms with E-state index in [0.29, 0.717) is 6.54 Å². The van der Waals surface area contributed by atoms with E-state index in [1.54, 1.807) is 0 Å². The summed E-state index contributed by atoms with van der Waals surface area (Å²) in [5.41, 5.74) is 6.00. The van der Waals surface area contributed by atoms with Crippen LogP contribution < -0.4 is 5.32 Å². The van der Waals surface area contributed by atoms with Crippen LogP contribution in [0.5, 0.6) is 0 Å². The van der Waals surface area contributed by atoms with Gasteiger partial charge in [-0.2, -0.15) is 0 Å². The van der Waals surface area contributed by atoms with Gasteiger partial charge in [0.05, 0.1) is 0 Å². The van der Waals surface area contributed by atoms with Gasteiger partial charge in [-0.05, 0) is 37.1 Å². The van der Waals surface area contributed by atoms with E-state index in [-0.39, 0.29) is 5.91 Å². The molecule has 0 spiro atoms. The highest BCUT2D eigenvalue weighted by molar-refractivity contribution is 5.99. The number of pyridine rings is 1. The van der Waals surface area contributed by atoms with Gasteiger partial charge in [0.2, 0.25) is 0 Å². The Kier molecular flexibility index (Phi) is 2.40. The SMILES string of the molecule is Cc1ccc(-c2ccc3c(c2)C(=O)NC3)c(C)n1. The highest BCUT2D eigenvalue weighted by atomic mass is 16.1. The maximum atomic E-state index is 11.7. The molecule has 0 fully saturated rings. The summed E-state index contributed by atoms with van der Waals surface area (Å²) >= 11 is 0. The molecule has 2 heterocycles. The number of carbonyl (C=O) groups excluding carboxylic acids is 1. The van der Waals surface area contributed by atoms with Crippen molar-refractivity contribution < 1.29 is 4.79 Å². The van der Waals surface area contributed by atoms with Crippen LogP contribution in [0.4, 0.5) is 0 Å². The molecule has 0 bridgehead atoms. The van der Waals surface area contributed by atoms with Crippen LogP contribution in [-0.2, 0) is 6.54 Å². The number of amides is 1. The number of rotatable bonds is 1. The molecule has 3 heteroatoms. The largest absolute Gasteiger partial charge is 0.348 e. The van der Waals surface area contributed by atoms with Crippen molar-refractivity contribution in [2.24, 2.45) is 0 Å². The number of aryl methyl sites for hydroxylation is 2. The zero-order valence-corrected chi connectivity index (χ0v) is 10.4. The summed E-state index contributed by atoms with van der Waals surface area (Å²) in [6.45, 7) is 4.61. The number of fused-ring (bicyclic) bond motifs is 1. The van der Waals surface area contributed by atoms with Crippen LogP contribution in [0.2, 0.25) is 0 Å². The van der Waals surface area contributed by atoms with Crippen molar-refractivity contribution in [2.75, 3.05) is 0 Å². The monoisotopic (exact) mass is 238 g/mol. The molecule has 1 N–H and O–H groups in total. The number of aromatic nitrogens is 1. The predicted octanol–water partition coefficient (Wildman–Crippen LogP) is 2.61. The smallest absolute Gasteiger partial charge is 0.251 e. The quantitative estimate of drug-likeness (QED) is 0.829. The first kappa shape index (κ1) is 11.0. The molecule has 1 amide bonds. The Bertz CT molecular complexity index is 647. The van der Waals surface area contributed by atoms with Gasteiger partial charge >= 0.3 is 0 Å². The minimum absolute atomic E-state index is 0.0181. The van der Waals surface area contributed by atoms with Crippen molar-refractivity contribution in [3.8, 4) is 11.1 Å². The lowest BCUT2D eigenvalue weighted by molar-refractivity contribution is 0.0966. The van der Waals surface area contributed by atoms with Crippen molar-refractivity contribution in [3.05, 3.63) is 52.8 Å². The molecule has 0 radical (unpaired) electrons. The van der Waals surface area contributed by atoms with Crippen molar-refractivity contribution in [1.82, 2.24) is 10.3 Å². The fourth-order valence-electron chi connectivity index (χ4n) is 2.37. The third-order valence-corrected chi connectivity index (χ3v) is 3.33. The summed E-state index contributed by atoms with van der Waals surface area (Å²) in [5.74, 6) is 0.0181. The molecule has 0 saturated heterocycles. The lowest BCUT2D eigenvalue weighted by Crippen LogP contribution is -2.12. The van der Waals surface area contributed by atoms with Gasteiger partial charge < -0.3 is 5.32 Å². The molecule has 1 aliphatic rings. The zero-order chi connectivity index (χ0) is 12.7. The number of carbonyl (C=O) groups is 1. The maximum Gasteiger partial charge on any atom is 0.251 e. The summed E-state index contributed by atoms with van der Waals surface area (Å²) in [6, 6.07) is 10.1. The predicted molar refractivity (Wildman–Crippen MR) is 70.3 cm³/mol. The van der Waals surface area contributed by atoms with Gasteiger partial charge in [-0.3, -0.25) is 9.78 Å². The van der Waals surface area contributed by atoms with Gasteiger partial charge in [0, 0.05) is 29.1 Å². The van der Waals surface area contributed by atoms with Crippen molar-refractivity contribution >= 4 is 5.91 Å². The lowest BCUT2D eigenvalue weighted by atomic mass is 9.99. The van der Waals surface area contributed by atoms with Crippen molar-refractivity contribution in [3.63, 3.8) is 0 Å². The fourth-order valence-corrected chi connectivity index (χ4v) is 2.37. The third-order valence-electron chi connectivity index (χ3n) is 3.33. The van der Waals surface area contributed by atoms with Crippen molar-refractivity contribution in [1.29, 1.82) is 0 Å². The molecule has 1 aliphatic heterocycles.